The summed E-state index contributed by atoms with van der Waals surface area (Å²) < 4.78 is 31.8. The van der Waals surface area contributed by atoms with Gasteiger partial charge in [0.2, 0.25) is 0 Å². The molecule has 0 saturated heterocycles. The Labute approximate surface area is 61.7 Å². The van der Waals surface area contributed by atoms with Crippen LogP contribution in [0.2, 0.25) is 0 Å². The SMILES string of the molecule is NCc1ccoc1OC(F)F. The van der Waals surface area contributed by atoms with Crippen molar-refractivity contribution in [2.24, 2.45) is 5.73 Å². The lowest BCUT2D eigenvalue weighted by Gasteiger charge is -2.00. The van der Waals surface area contributed by atoms with Crippen LogP contribution in [-0.2, 0) is 6.54 Å². The highest BCUT2D eigenvalue weighted by molar-refractivity contribution is 5.21. The fourth-order valence-electron chi connectivity index (χ4n) is 0.657. The van der Waals surface area contributed by atoms with Crippen molar-refractivity contribution in [3.63, 3.8) is 0 Å². The van der Waals surface area contributed by atoms with Crippen molar-refractivity contribution in [2.75, 3.05) is 0 Å². The first-order chi connectivity index (χ1) is 5.24. The van der Waals surface area contributed by atoms with E-state index in [0.717, 1.165) is 0 Å². The van der Waals surface area contributed by atoms with E-state index in [4.69, 9.17) is 5.73 Å². The highest BCUT2D eigenvalue weighted by atomic mass is 19.3. The van der Waals surface area contributed by atoms with E-state index in [1.54, 1.807) is 0 Å². The summed E-state index contributed by atoms with van der Waals surface area (Å²) in [4.78, 5) is 0. The summed E-state index contributed by atoms with van der Waals surface area (Å²) in [5, 5.41) is 0. The van der Waals surface area contributed by atoms with E-state index in [2.05, 4.69) is 9.15 Å². The van der Waals surface area contributed by atoms with Crippen LogP contribution in [0.3, 0.4) is 0 Å². The molecule has 3 nitrogen and oxygen atoms in total. The molecule has 1 heterocycles. The lowest BCUT2D eigenvalue weighted by molar-refractivity contribution is -0.0644. The second kappa shape index (κ2) is 3.34. The molecule has 0 aliphatic rings. The molecule has 0 spiro atoms. The van der Waals surface area contributed by atoms with Gasteiger partial charge in [-0.1, -0.05) is 0 Å². The lowest BCUT2D eigenvalue weighted by atomic mass is 10.3. The van der Waals surface area contributed by atoms with E-state index < -0.39 is 6.61 Å². The Kier molecular flexibility index (Phi) is 2.43. The smallest absolute Gasteiger partial charge is 0.389 e. The molecule has 1 aromatic rings. The van der Waals surface area contributed by atoms with Gasteiger partial charge in [0, 0.05) is 12.1 Å². The molecule has 0 aromatic carbocycles. The molecule has 0 atom stereocenters. The molecule has 0 saturated carbocycles. The second-order valence-electron chi connectivity index (χ2n) is 1.82. The zero-order valence-electron chi connectivity index (χ0n) is 5.59. The van der Waals surface area contributed by atoms with Gasteiger partial charge in [-0.2, -0.15) is 8.78 Å². The number of furan rings is 1. The molecule has 11 heavy (non-hydrogen) atoms. The van der Waals surface area contributed by atoms with Crippen LogP contribution in [0.25, 0.3) is 0 Å². The van der Waals surface area contributed by atoms with Crippen LogP contribution in [0.5, 0.6) is 5.95 Å². The third-order valence-corrected chi connectivity index (χ3v) is 1.12. The third-order valence-electron chi connectivity index (χ3n) is 1.12. The van der Waals surface area contributed by atoms with E-state index in [1.807, 2.05) is 0 Å². The van der Waals surface area contributed by atoms with Gasteiger partial charge in [0.05, 0.1) is 6.26 Å². The van der Waals surface area contributed by atoms with Gasteiger partial charge in [0.1, 0.15) is 0 Å². The Morgan fingerprint density at radius 3 is 2.91 bits per heavy atom. The summed E-state index contributed by atoms with van der Waals surface area (Å²) in [5.41, 5.74) is 5.62. The van der Waals surface area contributed by atoms with Crippen LogP contribution < -0.4 is 10.5 Å². The molecule has 0 fully saturated rings. The molecule has 0 unspecified atom stereocenters. The summed E-state index contributed by atoms with van der Waals surface area (Å²) in [6.45, 7) is -2.75. The maximum Gasteiger partial charge on any atom is 0.389 e. The maximum absolute atomic E-state index is 11.6. The van der Waals surface area contributed by atoms with Gasteiger partial charge in [-0.15, -0.1) is 0 Å². The Hall–Kier alpha value is -1.10. The summed E-state index contributed by atoms with van der Waals surface area (Å²) in [6.07, 6.45) is 1.25. The molecule has 5 heteroatoms. The van der Waals surface area contributed by atoms with Crippen LogP contribution in [0.15, 0.2) is 16.7 Å². The Balaban J connectivity index is 2.68. The van der Waals surface area contributed by atoms with Crippen molar-refractivity contribution in [3.8, 4) is 5.95 Å². The average molecular weight is 163 g/mol. The molecule has 2 N–H and O–H groups in total. The maximum atomic E-state index is 11.6. The normalized spacial score (nSPS) is 10.5. The van der Waals surface area contributed by atoms with Crippen molar-refractivity contribution >= 4 is 0 Å². The highest BCUT2D eigenvalue weighted by Crippen LogP contribution is 2.20. The zero-order valence-corrected chi connectivity index (χ0v) is 5.59. The fourth-order valence-corrected chi connectivity index (χ4v) is 0.657. The first-order valence-corrected chi connectivity index (χ1v) is 2.95. The van der Waals surface area contributed by atoms with Crippen molar-refractivity contribution in [2.45, 2.75) is 13.2 Å². The number of hydrogen-bond donors (Lipinski definition) is 1. The first-order valence-electron chi connectivity index (χ1n) is 2.95. The second-order valence-corrected chi connectivity index (χ2v) is 1.82. The molecule has 1 aromatic heterocycles. The van der Waals surface area contributed by atoms with Crippen LogP contribution in [0, 0.1) is 0 Å². The number of halogens is 2. The number of alkyl halides is 2. The predicted octanol–water partition coefficient (Wildman–Crippen LogP) is 1.34. The van der Waals surface area contributed by atoms with Crippen molar-refractivity contribution in [3.05, 3.63) is 17.9 Å². The summed E-state index contributed by atoms with van der Waals surface area (Å²) in [5.74, 6) is -0.206. The van der Waals surface area contributed by atoms with E-state index in [1.165, 1.54) is 12.3 Å². The number of ether oxygens (including phenoxy) is 1. The monoisotopic (exact) mass is 163 g/mol. The number of nitrogens with two attached hydrogens (primary N) is 1. The summed E-state index contributed by atoms with van der Waals surface area (Å²) in [6, 6.07) is 1.48. The van der Waals surface area contributed by atoms with Gasteiger partial charge in [-0.25, -0.2) is 0 Å². The molecule has 1 rings (SSSR count). The zero-order chi connectivity index (χ0) is 8.27. The van der Waals surface area contributed by atoms with Crippen LogP contribution in [-0.4, -0.2) is 6.61 Å². The van der Waals surface area contributed by atoms with Gasteiger partial charge in [-0.05, 0) is 6.07 Å². The molecular formula is C6H7F2NO2. The lowest BCUT2D eigenvalue weighted by Crippen LogP contribution is -2.04. The van der Waals surface area contributed by atoms with Gasteiger partial charge in [0.15, 0.2) is 0 Å². The Bertz CT molecular complexity index is 224. The van der Waals surface area contributed by atoms with Crippen LogP contribution in [0.4, 0.5) is 8.78 Å². The molecular weight excluding hydrogens is 156 g/mol. The standard InChI is InChI=1S/C6H7F2NO2/c7-6(8)11-5-4(3-9)1-2-10-5/h1-2,6H,3,9H2. The van der Waals surface area contributed by atoms with E-state index >= 15 is 0 Å². The summed E-state index contributed by atoms with van der Waals surface area (Å²) in [7, 11) is 0. The summed E-state index contributed by atoms with van der Waals surface area (Å²) >= 11 is 0. The van der Waals surface area contributed by atoms with Crippen LogP contribution in [0.1, 0.15) is 5.56 Å². The minimum absolute atomic E-state index is 0.124. The first kappa shape index (κ1) is 8.00. The minimum atomic E-state index is -2.87. The van der Waals surface area contributed by atoms with Crippen molar-refractivity contribution in [1.29, 1.82) is 0 Å². The third kappa shape index (κ3) is 1.91. The molecule has 0 amide bonds. The largest absolute Gasteiger partial charge is 0.434 e. The molecule has 0 aliphatic heterocycles. The van der Waals surface area contributed by atoms with Crippen molar-refractivity contribution < 1.29 is 17.9 Å². The molecule has 62 valence electrons. The van der Waals surface area contributed by atoms with Crippen molar-refractivity contribution in [1.82, 2.24) is 0 Å². The van der Waals surface area contributed by atoms with E-state index in [-0.39, 0.29) is 12.5 Å². The Morgan fingerprint density at radius 2 is 2.36 bits per heavy atom. The molecule has 0 radical (unpaired) electrons. The van der Waals surface area contributed by atoms with E-state index in [0.29, 0.717) is 5.56 Å². The minimum Gasteiger partial charge on any atom is -0.434 e. The van der Waals surface area contributed by atoms with Gasteiger partial charge in [0.25, 0.3) is 5.95 Å². The fraction of sp³-hybridized carbons (Fsp3) is 0.333. The Morgan fingerprint density at radius 1 is 1.64 bits per heavy atom. The van der Waals surface area contributed by atoms with Gasteiger partial charge in [-0.3, -0.25) is 0 Å². The average Bonchev–Trinajstić information content (AvgIpc) is 2.34. The molecule has 0 bridgehead atoms. The topological polar surface area (TPSA) is 48.4 Å². The quantitative estimate of drug-likeness (QED) is 0.731. The highest BCUT2D eigenvalue weighted by Gasteiger charge is 2.11. The number of hydrogen-bond acceptors (Lipinski definition) is 3. The predicted molar refractivity (Wildman–Crippen MR) is 33.2 cm³/mol. The molecule has 0 aliphatic carbocycles. The van der Waals surface area contributed by atoms with Crippen LogP contribution >= 0.6 is 0 Å². The number of rotatable bonds is 3. The van der Waals surface area contributed by atoms with Gasteiger partial charge >= 0.3 is 6.61 Å². The van der Waals surface area contributed by atoms with Gasteiger partial charge < -0.3 is 14.9 Å². The van der Waals surface area contributed by atoms with E-state index in [9.17, 15) is 8.78 Å².